The van der Waals surface area contributed by atoms with Gasteiger partial charge in [0.15, 0.2) is 0 Å². The summed E-state index contributed by atoms with van der Waals surface area (Å²) in [6.07, 6.45) is 5.84. The Morgan fingerprint density at radius 3 is 2.56 bits per heavy atom. The van der Waals surface area contributed by atoms with Crippen molar-refractivity contribution >= 4 is 0 Å². The number of hydrogen-bond acceptors (Lipinski definition) is 3. The first-order chi connectivity index (χ1) is 7.66. The van der Waals surface area contributed by atoms with Gasteiger partial charge in [0.05, 0.1) is 5.69 Å². The normalized spacial score (nSPS) is 37.6. The number of nitrogens with one attached hydrogen (secondary N) is 1. The zero-order chi connectivity index (χ0) is 11.2. The van der Waals surface area contributed by atoms with Gasteiger partial charge in [-0.05, 0) is 44.2 Å². The van der Waals surface area contributed by atoms with E-state index < -0.39 is 5.60 Å². The molecule has 16 heavy (non-hydrogen) atoms. The first-order valence-electron chi connectivity index (χ1n) is 6.07. The number of hydrogen-bond donors (Lipinski definition) is 2. The van der Waals surface area contributed by atoms with E-state index in [1.807, 2.05) is 25.3 Å². The summed E-state index contributed by atoms with van der Waals surface area (Å²) in [7, 11) is 0. The van der Waals surface area contributed by atoms with Crippen molar-refractivity contribution in [3.63, 3.8) is 0 Å². The van der Waals surface area contributed by atoms with Gasteiger partial charge in [0.25, 0.3) is 0 Å². The predicted molar refractivity (Wildman–Crippen MR) is 62.1 cm³/mol. The maximum absolute atomic E-state index is 10.7. The van der Waals surface area contributed by atoms with Crippen molar-refractivity contribution in [1.82, 2.24) is 10.3 Å². The molecule has 2 N–H and O–H groups in total. The van der Waals surface area contributed by atoms with Crippen LogP contribution in [0, 0.1) is 6.92 Å². The highest BCUT2D eigenvalue weighted by molar-refractivity contribution is 5.20. The van der Waals surface area contributed by atoms with Gasteiger partial charge in [-0.15, -0.1) is 0 Å². The predicted octanol–water partition coefficient (Wildman–Crippen LogP) is 1.49. The Hall–Kier alpha value is -0.930. The number of nitrogens with zero attached hydrogens (tertiary/aromatic N) is 1. The minimum atomic E-state index is -0.704. The van der Waals surface area contributed by atoms with Gasteiger partial charge in [0, 0.05) is 18.3 Å². The molecule has 1 aromatic heterocycles. The Balaban J connectivity index is 1.90. The van der Waals surface area contributed by atoms with Crippen LogP contribution in [0.4, 0.5) is 0 Å². The fourth-order valence-electron chi connectivity index (χ4n) is 3.08. The first-order valence-corrected chi connectivity index (χ1v) is 6.07. The van der Waals surface area contributed by atoms with Gasteiger partial charge in [0.1, 0.15) is 5.60 Å². The lowest BCUT2D eigenvalue weighted by Gasteiger charge is -2.36. The zero-order valence-corrected chi connectivity index (χ0v) is 9.61. The molecular formula is C13H18N2O. The smallest absolute Gasteiger partial charge is 0.109 e. The van der Waals surface area contributed by atoms with Crippen LogP contribution < -0.4 is 5.32 Å². The summed E-state index contributed by atoms with van der Waals surface area (Å²) >= 11 is 0. The van der Waals surface area contributed by atoms with Crippen LogP contribution in [0.3, 0.4) is 0 Å². The van der Waals surface area contributed by atoms with Gasteiger partial charge in [-0.3, -0.25) is 4.98 Å². The summed E-state index contributed by atoms with van der Waals surface area (Å²) in [4.78, 5) is 4.39. The minimum absolute atomic E-state index is 0.479. The standard InChI is InChI=1S/C13H18N2O/c1-9-2-5-12(14-8-9)13(16)6-10-3-4-11(7-13)15-10/h2,5,8,10-11,15-16H,3-4,6-7H2,1H3. The number of rotatable bonds is 1. The molecule has 0 spiro atoms. The molecule has 0 radical (unpaired) electrons. The van der Waals surface area contributed by atoms with Crippen molar-refractivity contribution in [3.8, 4) is 0 Å². The quantitative estimate of drug-likeness (QED) is 0.750. The van der Waals surface area contributed by atoms with Crippen LogP contribution in [0.1, 0.15) is 36.9 Å². The number of aryl methyl sites for hydroxylation is 1. The second-order valence-corrected chi connectivity index (χ2v) is 5.30. The molecule has 0 saturated carbocycles. The van der Waals surface area contributed by atoms with Crippen molar-refractivity contribution in [2.45, 2.75) is 50.3 Å². The van der Waals surface area contributed by atoms with E-state index in [2.05, 4.69) is 10.3 Å². The molecule has 2 bridgehead atoms. The third-order valence-corrected chi connectivity index (χ3v) is 3.89. The van der Waals surface area contributed by atoms with E-state index in [-0.39, 0.29) is 0 Å². The summed E-state index contributed by atoms with van der Waals surface area (Å²) < 4.78 is 0. The van der Waals surface area contributed by atoms with Crippen molar-refractivity contribution in [3.05, 3.63) is 29.6 Å². The molecule has 2 unspecified atom stereocenters. The highest BCUT2D eigenvalue weighted by Crippen LogP contribution is 2.39. The molecule has 2 atom stereocenters. The van der Waals surface area contributed by atoms with E-state index in [1.165, 1.54) is 12.8 Å². The van der Waals surface area contributed by atoms with Crippen LogP contribution in [0.15, 0.2) is 18.3 Å². The molecule has 3 rings (SSSR count). The lowest BCUT2D eigenvalue weighted by Crippen LogP contribution is -2.47. The second-order valence-electron chi connectivity index (χ2n) is 5.30. The van der Waals surface area contributed by atoms with Crippen LogP contribution in [0.25, 0.3) is 0 Å². The molecular weight excluding hydrogens is 200 g/mol. The summed E-state index contributed by atoms with van der Waals surface area (Å²) in [5, 5.41) is 14.3. The van der Waals surface area contributed by atoms with E-state index in [4.69, 9.17) is 0 Å². The van der Waals surface area contributed by atoms with Crippen molar-refractivity contribution in [1.29, 1.82) is 0 Å². The molecule has 3 heterocycles. The fraction of sp³-hybridized carbons (Fsp3) is 0.615. The Morgan fingerprint density at radius 2 is 2.00 bits per heavy atom. The highest BCUT2D eigenvalue weighted by atomic mass is 16.3. The van der Waals surface area contributed by atoms with Gasteiger partial charge < -0.3 is 10.4 Å². The molecule has 2 fully saturated rings. The summed E-state index contributed by atoms with van der Waals surface area (Å²) in [6, 6.07) is 4.96. The lowest BCUT2D eigenvalue weighted by molar-refractivity contribution is -0.0152. The van der Waals surface area contributed by atoms with E-state index in [0.29, 0.717) is 12.1 Å². The van der Waals surface area contributed by atoms with E-state index >= 15 is 0 Å². The number of pyridine rings is 1. The Kier molecular flexibility index (Phi) is 2.26. The van der Waals surface area contributed by atoms with Gasteiger partial charge in [-0.25, -0.2) is 0 Å². The maximum Gasteiger partial charge on any atom is 0.109 e. The summed E-state index contributed by atoms with van der Waals surface area (Å²) in [5.74, 6) is 0. The van der Waals surface area contributed by atoms with Crippen LogP contribution in [-0.4, -0.2) is 22.2 Å². The number of fused-ring (bicyclic) bond motifs is 2. The average Bonchev–Trinajstić information content (AvgIpc) is 2.59. The van der Waals surface area contributed by atoms with Gasteiger partial charge >= 0.3 is 0 Å². The highest BCUT2D eigenvalue weighted by Gasteiger charge is 2.44. The van der Waals surface area contributed by atoms with Gasteiger partial charge in [-0.1, -0.05) is 6.07 Å². The monoisotopic (exact) mass is 218 g/mol. The fourth-order valence-corrected chi connectivity index (χ4v) is 3.08. The lowest BCUT2D eigenvalue weighted by atomic mass is 9.84. The Bertz CT molecular complexity index is 375. The van der Waals surface area contributed by atoms with Crippen LogP contribution in [0.2, 0.25) is 0 Å². The van der Waals surface area contributed by atoms with Crippen LogP contribution in [0.5, 0.6) is 0 Å². The SMILES string of the molecule is Cc1ccc(C2(O)CC3CCC(C2)N3)nc1. The maximum atomic E-state index is 10.7. The van der Waals surface area contributed by atoms with E-state index in [1.54, 1.807) is 0 Å². The summed E-state index contributed by atoms with van der Waals surface area (Å²) in [6.45, 7) is 2.02. The number of aromatic nitrogens is 1. The number of aliphatic hydroxyl groups is 1. The van der Waals surface area contributed by atoms with Crippen LogP contribution >= 0.6 is 0 Å². The molecule has 2 saturated heterocycles. The van der Waals surface area contributed by atoms with E-state index in [0.717, 1.165) is 24.1 Å². The molecule has 3 nitrogen and oxygen atoms in total. The molecule has 0 aliphatic carbocycles. The van der Waals surface area contributed by atoms with Crippen molar-refractivity contribution in [2.75, 3.05) is 0 Å². The van der Waals surface area contributed by atoms with Gasteiger partial charge in [0.2, 0.25) is 0 Å². The largest absolute Gasteiger partial charge is 0.383 e. The molecule has 1 aromatic rings. The third-order valence-electron chi connectivity index (χ3n) is 3.89. The second kappa shape index (κ2) is 3.54. The third kappa shape index (κ3) is 1.64. The van der Waals surface area contributed by atoms with Crippen LogP contribution in [-0.2, 0) is 5.60 Å². The molecule has 0 amide bonds. The zero-order valence-electron chi connectivity index (χ0n) is 9.61. The molecule has 2 aliphatic rings. The molecule has 3 heteroatoms. The first kappa shape index (κ1) is 10.2. The molecule has 0 aromatic carbocycles. The summed E-state index contributed by atoms with van der Waals surface area (Å²) in [5.41, 5.74) is 1.28. The van der Waals surface area contributed by atoms with Crippen molar-refractivity contribution < 1.29 is 5.11 Å². The Morgan fingerprint density at radius 1 is 1.31 bits per heavy atom. The van der Waals surface area contributed by atoms with Gasteiger partial charge in [-0.2, -0.15) is 0 Å². The van der Waals surface area contributed by atoms with Crippen molar-refractivity contribution in [2.24, 2.45) is 0 Å². The van der Waals surface area contributed by atoms with E-state index in [9.17, 15) is 5.11 Å². The topological polar surface area (TPSA) is 45.1 Å². The molecule has 2 aliphatic heterocycles. The number of piperidine rings is 1. The minimum Gasteiger partial charge on any atom is -0.383 e. The average molecular weight is 218 g/mol. The molecule has 86 valence electrons. The Labute approximate surface area is 95.9 Å².